The van der Waals surface area contributed by atoms with E-state index in [4.69, 9.17) is 9.47 Å². The molecule has 2 fully saturated rings. The van der Waals surface area contributed by atoms with Crippen LogP contribution in [0.4, 0.5) is 17.3 Å². The molecule has 2 aliphatic heterocycles. The second-order valence-electron chi connectivity index (χ2n) is 8.66. The number of ether oxygens (including phenoxy) is 2. The van der Waals surface area contributed by atoms with Crippen molar-refractivity contribution in [1.82, 2.24) is 19.3 Å². The van der Waals surface area contributed by atoms with Crippen LogP contribution in [0.5, 0.6) is 5.75 Å². The molecular weight excluding hydrogens is 474 g/mol. The van der Waals surface area contributed by atoms with E-state index < -0.39 is 0 Å². The molecule has 1 aromatic heterocycles. The standard InChI is InChI=1S/C26H29N7O2S/c1-36-33-12-10-32(11-13-33)22-5-3-21(4-6-22)30-26-29-18-28-25(31-26)19-2-7-24(20(16-19)17-27)35-23-8-14-34-15-9-23/h2-7,16,18,23H,8-15H2,1H3,(H,28,29,30,31). The van der Waals surface area contributed by atoms with Crippen molar-refractivity contribution < 1.29 is 9.47 Å². The van der Waals surface area contributed by atoms with Gasteiger partial charge >= 0.3 is 0 Å². The molecule has 9 nitrogen and oxygen atoms in total. The molecule has 3 heterocycles. The molecule has 0 unspecified atom stereocenters. The molecule has 1 N–H and O–H groups in total. The van der Waals surface area contributed by atoms with Gasteiger partial charge in [0.2, 0.25) is 5.95 Å². The summed E-state index contributed by atoms with van der Waals surface area (Å²) < 4.78 is 13.8. The normalized spacial score (nSPS) is 16.9. The van der Waals surface area contributed by atoms with Gasteiger partial charge in [-0.3, -0.25) is 0 Å². The summed E-state index contributed by atoms with van der Waals surface area (Å²) in [5, 5.41) is 12.9. The van der Waals surface area contributed by atoms with Crippen molar-refractivity contribution >= 4 is 29.3 Å². The number of nitrogens with one attached hydrogen (secondary N) is 1. The zero-order chi connectivity index (χ0) is 24.7. The molecule has 0 radical (unpaired) electrons. The minimum absolute atomic E-state index is 0.0658. The van der Waals surface area contributed by atoms with E-state index in [1.165, 1.54) is 12.0 Å². The summed E-state index contributed by atoms with van der Waals surface area (Å²) in [6.45, 7) is 5.53. The van der Waals surface area contributed by atoms with Crippen LogP contribution in [-0.4, -0.2) is 71.0 Å². The fourth-order valence-electron chi connectivity index (χ4n) is 4.34. The summed E-state index contributed by atoms with van der Waals surface area (Å²) in [4.78, 5) is 15.6. The molecule has 0 bridgehead atoms. The van der Waals surface area contributed by atoms with Crippen molar-refractivity contribution in [3.05, 3.63) is 54.4 Å². The van der Waals surface area contributed by atoms with Crippen molar-refractivity contribution in [2.75, 3.05) is 55.9 Å². The summed E-state index contributed by atoms with van der Waals surface area (Å²) in [5.41, 5.74) is 3.31. The first kappa shape index (κ1) is 24.3. The molecule has 2 aromatic carbocycles. The smallest absolute Gasteiger partial charge is 0.230 e. The van der Waals surface area contributed by atoms with Gasteiger partial charge in [0.1, 0.15) is 24.3 Å². The van der Waals surface area contributed by atoms with Gasteiger partial charge in [0.05, 0.1) is 18.8 Å². The summed E-state index contributed by atoms with van der Waals surface area (Å²) in [7, 11) is 0. The third-order valence-corrected chi connectivity index (χ3v) is 7.26. The molecule has 3 aromatic rings. The van der Waals surface area contributed by atoms with Gasteiger partial charge in [-0.25, -0.2) is 14.3 Å². The lowest BCUT2D eigenvalue weighted by Gasteiger charge is -2.34. The zero-order valence-corrected chi connectivity index (χ0v) is 21.1. The third kappa shape index (κ3) is 5.87. The van der Waals surface area contributed by atoms with Crippen molar-refractivity contribution in [3.8, 4) is 23.2 Å². The molecule has 10 heteroatoms. The van der Waals surface area contributed by atoms with Crippen LogP contribution in [0.1, 0.15) is 18.4 Å². The molecule has 36 heavy (non-hydrogen) atoms. The number of anilines is 3. The summed E-state index contributed by atoms with van der Waals surface area (Å²) in [5.74, 6) is 1.52. The Morgan fingerprint density at radius 1 is 1.06 bits per heavy atom. The molecule has 5 rings (SSSR count). The lowest BCUT2D eigenvalue weighted by Crippen LogP contribution is -2.43. The maximum absolute atomic E-state index is 9.68. The van der Waals surface area contributed by atoms with Crippen molar-refractivity contribution in [2.45, 2.75) is 18.9 Å². The van der Waals surface area contributed by atoms with Gasteiger partial charge in [-0.1, -0.05) is 11.9 Å². The first-order valence-corrected chi connectivity index (χ1v) is 13.3. The van der Waals surface area contributed by atoms with Crippen LogP contribution in [0.2, 0.25) is 0 Å². The Kier molecular flexibility index (Phi) is 7.81. The Bertz CT molecular complexity index is 1200. The van der Waals surface area contributed by atoms with E-state index in [0.29, 0.717) is 36.3 Å². The van der Waals surface area contributed by atoms with E-state index in [-0.39, 0.29) is 6.10 Å². The lowest BCUT2D eigenvalue weighted by atomic mass is 10.1. The van der Waals surface area contributed by atoms with E-state index in [1.807, 2.05) is 36.2 Å². The highest BCUT2D eigenvalue weighted by Gasteiger charge is 2.18. The predicted octanol–water partition coefficient (Wildman–Crippen LogP) is 4.11. The Morgan fingerprint density at radius 3 is 2.56 bits per heavy atom. The SMILES string of the molecule is CSN1CCN(c2ccc(Nc3ncnc(-c4ccc(OC5CCOCC5)c(C#N)c4)n3)cc2)CC1. The van der Waals surface area contributed by atoms with Gasteiger partial charge in [0, 0.05) is 56.0 Å². The van der Waals surface area contributed by atoms with Crippen LogP contribution < -0.4 is 15.0 Å². The predicted molar refractivity (Wildman–Crippen MR) is 141 cm³/mol. The fourth-order valence-corrected chi connectivity index (χ4v) is 4.87. The van der Waals surface area contributed by atoms with Gasteiger partial charge in [-0.15, -0.1) is 0 Å². The number of benzene rings is 2. The fraction of sp³-hybridized carbons (Fsp3) is 0.385. The van der Waals surface area contributed by atoms with Gasteiger partial charge in [-0.05, 0) is 48.7 Å². The number of piperazine rings is 1. The average Bonchev–Trinajstić information content (AvgIpc) is 2.94. The monoisotopic (exact) mass is 503 g/mol. The zero-order valence-electron chi connectivity index (χ0n) is 20.3. The Balaban J connectivity index is 1.26. The Labute approximate surface area is 215 Å². The number of hydrogen-bond donors (Lipinski definition) is 1. The van der Waals surface area contributed by atoms with Crippen LogP contribution in [0, 0.1) is 11.3 Å². The van der Waals surface area contributed by atoms with Crippen LogP contribution in [-0.2, 0) is 4.74 Å². The molecule has 186 valence electrons. The number of rotatable bonds is 7. The van der Waals surface area contributed by atoms with Crippen LogP contribution >= 0.6 is 11.9 Å². The van der Waals surface area contributed by atoms with E-state index in [0.717, 1.165) is 50.3 Å². The highest BCUT2D eigenvalue weighted by atomic mass is 32.2. The van der Waals surface area contributed by atoms with Crippen molar-refractivity contribution in [3.63, 3.8) is 0 Å². The Hall–Kier alpha value is -3.39. The summed E-state index contributed by atoms with van der Waals surface area (Å²) in [6.07, 6.45) is 5.32. The Morgan fingerprint density at radius 2 is 1.83 bits per heavy atom. The first-order chi connectivity index (χ1) is 17.7. The lowest BCUT2D eigenvalue weighted by molar-refractivity contribution is 0.0254. The highest BCUT2D eigenvalue weighted by Crippen LogP contribution is 2.28. The molecule has 0 saturated carbocycles. The molecule has 2 aliphatic rings. The van der Waals surface area contributed by atoms with Gasteiger partial charge < -0.3 is 19.7 Å². The molecule has 0 spiro atoms. The molecular formula is C26H29N7O2S. The van der Waals surface area contributed by atoms with Crippen LogP contribution in [0.15, 0.2) is 48.8 Å². The van der Waals surface area contributed by atoms with Crippen molar-refractivity contribution in [1.29, 1.82) is 5.26 Å². The maximum atomic E-state index is 9.68. The van der Waals surface area contributed by atoms with Gasteiger partial charge in [-0.2, -0.15) is 10.2 Å². The molecule has 0 aliphatic carbocycles. The molecule has 2 saturated heterocycles. The van der Waals surface area contributed by atoms with Gasteiger partial charge in [0.15, 0.2) is 5.82 Å². The van der Waals surface area contributed by atoms with Crippen LogP contribution in [0.25, 0.3) is 11.4 Å². The summed E-state index contributed by atoms with van der Waals surface area (Å²) in [6, 6.07) is 16.0. The minimum Gasteiger partial charge on any atom is -0.489 e. The van der Waals surface area contributed by atoms with Gasteiger partial charge in [0.25, 0.3) is 0 Å². The largest absolute Gasteiger partial charge is 0.489 e. The number of aromatic nitrogens is 3. The minimum atomic E-state index is 0.0658. The maximum Gasteiger partial charge on any atom is 0.230 e. The van der Waals surface area contributed by atoms with E-state index >= 15 is 0 Å². The topological polar surface area (TPSA) is 99.4 Å². The summed E-state index contributed by atoms with van der Waals surface area (Å²) >= 11 is 1.81. The van der Waals surface area contributed by atoms with Crippen LogP contribution in [0.3, 0.4) is 0 Å². The average molecular weight is 504 g/mol. The molecule has 0 atom stereocenters. The quantitative estimate of drug-likeness (QED) is 0.474. The highest BCUT2D eigenvalue weighted by molar-refractivity contribution is 7.96. The van der Waals surface area contributed by atoms with E-state index in [1.54, 1.807) is 6.07 Å². The van der Waals surface area contributed by atoms with Crippen molar-refractivity contribution in [2.24, 2.45) is 0 Å². The molecule has 0 amide bonds. The second-order valence-corrected chi connectivity index (χ2v) is 9.54. The number of nitriles is 1. The third-order valence-electron chi connectivity index (χ3n) is 6.38. The number of hydrogen-bond acceptors (Lipinski definition) is 10. The first-order valence-electron chi connectivity index (χ1n) is 12.1. The van der Waals surface area contributed by atoms with E-state index in [2.05, 4.69) is 53.9 Å². The number of nitrogens with zero attached hydrogens (tertiary/aromatic N) is 6. The second kappa shape index (κ2) is 11.6. The van der Waals surface area contributed by atoms with E-state index in [9.17, 15) is 5.26 Å².